The Kier molecular flexibility index (Phi) is 5.20. The number of rotatable bonds is 1. The van der Waals surface area contributed by atoms with E-state index in [0.717, 1.165) is 4.88 Å². The van der Waals surface area contributed by atoms with Gasteiger partial charge in [-0.15, -0.1) is 11.3 Å². The van der Waals surface area contributed by atoms with E-state index >= 15 is 0 Å². The van der Waals surface area contributed by atoms with Gasteiger partial charge in [-0.25, -0.2) is 0 Å². The summed E-state index contributed by atoms with van der Waals surface area (Å²) in [4.78, 5) is 1.10. The van der Waals surface area contributed by atoms with Crippen molar-refractivity contribution >= 4 is 23.2 Å². The molecule has 11 heavy (non-hydrogen) atoms. The summed E-state index contributed by atoms with van der Waals surface area (Å²) in [7, 11) is -1.30. The van der Waals surface area contributed by atoms with Gasteiger partial charge in [-0.05, 0) is 13.0 Å². The van der Waals surface area contributed by atoms with Crippen molar-refractivity contribution in [3.63, 3.8) is 0 Å². The molecule has 0 bridgehead atoms. The molecular weight excluding hydrogens is 159 g/mol. The molecule has 0 amide bonds. The normalized spacial score (nSPS) is 8.45. The smallest absolute Gasteiger partial charge is 0.423 e. The summed E-state index contributed by atoms with van der Waals surface area (Å²) in [6, 6.07) is 3.57. The highest BCUT2D eigenvalue weighted by Crippen LogP contribution is 2.03. The molecule has 1 aromatic rings. The standard InChI is InChI=1S/C5H7BO2S.C2H6/c1-4-2-3-5(9-4)6(7)8;1-2/h2-3,7-8H,1H3;1-2H3. The maximum Gasteiger partial charge on any atom is 0.499 e. The molecule has 1 rings (SSSR count). The van der Waals surface area contributed by atoms with Crippen molar-refractivity contribution in [2.45, 2.75) is 20.8 Å². The second-order valence-electron chi connectivity index (χ2n) is 1.82. The highest BCUT2D eigenvalue weighted by molar-refractivity contribution is 7.22. The topological polar surface area (TPSA) is 40.5 Å². The van der Waals surface area contributed by atoms with Crippen LogP contribution in [0.3, 0.4) is 0 Å². The van der Waals surface area contributed by atoms with Gasteiger partial charge in [0.1, 0.15) is 0 Å². The number of thiophene rings is 1. The quantitative estimate of drug-likeness (QED) is 0.614. The van der Waals surface area contributed by atoms with E-state index in [0.29, 0.717) is 4.78 Å². The second-order valence-corrected chi connectivity index (χ2v) is 3.14. The van der Waals surface area contributed by atoms with Crippen LogP contribution >= 0.6 is 11.3 Å². The molecule has 0 spiro atoms. The summed E-state index contributed by atoms with van der Waals surface area (Å²) in [5.74, 6) is 0. The predicted octanol–water partition coefficient (Wildman–Crippen LogP) is 0.763. The molecule has 0 aliphatic carbocycles. The average Bonchev–Trinajstić information content (AvgIpc) is 2.40. The number of hydrogen-bond donors (Lipinski definition) is 2. The lowest BCUT2D eigenvalue weighted by atomic mass is 9.90. The zero-order valence-corrected chi connectivity index (χ0v) is 7.85. The van der Waals surface area contributed by atoms with Crippen LogP contribution in [-0.4, -0.2) is 17.2 Å². The van der Waals surface area contributed by atoms with Gasteiger partial charge < -0.3 is 10.0 Å². The molecule has 0 aliphatic rings. The molecule has 1 aromatic heterocycles. The first-order chi connectivity index (χ1) is 5.20. The fraction of sp³-hybridized carbons (Fsp3) is 0.429. The SMILES string of the molecule is CC.Cc1ccc(B(O)O)s1. The lowest BCUT2D eigenvalue weighted by Gasteiger charge is -1.88. The fourth-order valence-electron chi connectivity index (χ4n) is 0.592. The van der Waals surface area contributed by atoms with Gasteiger partial charge in [-0.1, -0.05) is 19.9 Å². The van der Waals surface area contributed by atoms with Crippen molar-refractivity contribution < 1.29 is 10.0 Å². The van der Waals surface area contributed by atoms with Crippen molar-refractivity contribution in [3.8, 4) is 0 Å². The van der Waals surface area contributed by atoms with Crippen LogP contribution in [0.1, 0.15) is 18.7 Å². The van der Waals surface area contributed by atoms with Crippen LogP contribution in [0.25, 0.3) is 0 Å². The van der Waals surface area contributed by atoms with Crippen molar-refractivity contribution in [1.29, 1.82) is 0 Å². The van der Waals surface area contributed by atoms with Gasteiger partial charge >= 0.3 is 7.12 Å². The Hall–Kier alpha value is -0.315. The zero-order chi connectivity index (χ0) is 8.85. The van der Waals surface area contributed by atoms with Crippen LogP contribution in [0.15, 0.2) is 12.1 Å². The summed E-state index contributed by atoms with van der Waals surface area (Å²) < 4.78 is 0.604. The summed E-state index contributed by atoms with van der Waals surface area (Å²) in [6.07, 6.45) is 0. The molecule has 0 radical (unpaired) electrons. The summed E-state index contributed by atoms with van der Waals surface area (Å²) >= 11 is 1.40. The highest BCUT2D eigenvalue weighted by atomic mass is 32.1. The van der Waals surface area contributed by atoms with E-state index in [9.17, 15) is 0 Å². The molecule has 0 atom stereocenters. The second kappa shape index (κ2) is 5.35. The predicted molar refractivity (Wildman–Crippen MR) is 50.2 cm³/mol. The van der Waals surface area contributed by atoms with Gasteiger partial charge in [0.15, 0.2) is 0 Å². The molecule has 0 saturated heterocycles. The first-order valence-corrected chi connectivity index (χ1v) is 4.44. The minimum Gasteiger partial charge on any atom is -0.423 e. The first kappa shape index (κ1) is 10.7. The van der Waals surface area contributed by atoms with Gasteiger partial charge in [0.05, 0.1) is 0 Å². The first-order valence-electron chi connectivity index (χ1n) is 3.62. The van der Waals surface area contributed by atoms with Crippen LogP contribution < -0.4 is 4.78 Å². The van der Waals surface area contributed by atoms with Gasteiger partial charge in [-0.3, -0.25) is 0 Å². The summed E-state index contributed by atoms with van der Waals surface area (Å²) in [5.41, 5.74) is 0. The molecule has 62 valence electrons. The lowest BCUT2D eigenvalue weighted by Crippen LogP contribution is -2.26. The van der Waals surface area contributed by atoms with Crippen molar-refractivity contribution in [2.75, 3.05) is 0 Å². The van der Waals surface area contributed by atoms with Gasteiger partial charge in [0.25, 0.3) is 0 Å². The highest BCUT2D eigenvalue weighted by Gasteiger charge is 2.11. The fourth-order valence-corrected chi connectivity index (χ4v) is 1.34. The summed E-state index contributed by atoms with van der Waals surface area (Å²) in [6.45, 7) is 5.93. The Morgan fingerprint density at radius 1 is 1.27 bits per heavy atom. The molecule has 1 heterocycles. The minimum atomic E-state index is -1.30. The maximum atomic E-state index is 8.60. The Morgan fingerprint density at radius 2 is 1.82 bits per heavy atom. The molecule has 2 N–H and O–H groups in total. The zero-order valence-electron chi connectivity index (χ0n) is 7.03. The van der Waals surface area contributed by atoms with Crippen LogP contribution in [0.5, 0.6) is 0 Å². The van der Waals surface area contributed by atoms with Crippen molar-refractivity contribution in [2.24, 2.45) is 0 Å². The van der Waals surface area contributed by atoms with Crippen molar-refractivity contribution in [3.05, 3.63) is 17.0 Å². The van der Waals surface area contributed by atoms with E-state index in [1.807, 2.05) is 26.8 Å². The van der Waals surface area contributed by atoms with Gasteiger partial charge in [0.2, 0.25) is 0 Å². The molecule has 0 saturated carbocycles. The maximum absolute atomic E-state index is 8.60. The molecule has 0 fully saturated rings. The molecule has 0 unspecified atom stereocenters. The Bertz CT molecular complexity index is 198. The van der Waals surface area contributed by atoms with E-state index in [1.54, 1.807) is 6.07 Å². The average molecular weight is 172 g/mol. The molecule has 0 aliphatic heterocycles. The van der Waals surface area contributed by atoms with Crippen LogP contribution in [-0.2, 0) is 0 Å². The van der Waals surface area contributed by atoms with E-state index < -0.39 is 7.12 Å². The van der Waals surface area contributed by atoms with Gasteiger partial charge in [0, 0.05) is 9.65 Å². The molecule has 2 nitrogen and oxygen atoms in total. The van der Waals surface area contributed by atoms with Crippen LogP contribution in [0.4, 0.5) is 0 Å². The van der Waals surface area contributed by atoms with E-state index in [-0.39, 0.29) is 0 Å². The van der Waals surface area contributed by atoms with Gasteiger partial charge in [-0.2, -0.15) is 0 Å². The monoisotopic (exact) mass is 172 g/mol. The molecular formula is C7H13BO2S. The largest absolute Gasteiger partial charge is 0.499 e. The Morgan fingerprint density at radius 3 is 2.00 bits per heavy atom. The third-order valence-corrected chi connectivity index (χ3v) is 2.06. The van der Waals surface area contributed by atoms with Crippen molar-refractivity contribution in [1.82, 2.24) is 0 Å². The lowest BCUT2D eigenvalue weighted by molar-refractivity contribution is 0.427. The summed E-state index contributed by atoms with van der Waals surface area (Å²) in [5, 5.41) is 17.2. The third-order valence-electron chi connectivity index (χ3n) is 1.02. The Balaban J connectivity index is 0.000000461. The number of hydrogen-bond acceptors (Lipinski definition) is 3. The third kappa shape index (κ3) is 3.55. The minimum absolute atomic E-state index is 0.604. The van der Waals surface area contributed by atoms with Crippen LogP contribution in [0, 0.1) is 6.92 Å². The van der Waals surface area contributed by atoms with E-state index in [4.69, 9.17) is 10.0 Å². The Labute approximate surface area is 71.7 Å². The van der Waals surface area contributed by atoms with E-state index in [1.165, 1.54) is 11.3 Å². The number of aryl methyl sites for hydroxylation is 1. The molecule has 4 heteroatoms. The van der Waals surface area contributed by atoms with E-state index in [2.05, 4.69) is 0 Å². The van der Waals surface area contributed by atoms with Crippen LogP contribution in [0.2, 0.25) is 0 Å². The molecule has 0 aromatic carbocycles.